The van der Waals surface area contributed by atoms with Crippen molar-refractivity contribution in [1.82, 2.24) is 0 Å². The van der Waals surface area contributed by atoms with Gasteiger partial charge >= 0.3 is 0 Å². The van der Waals surface area contributed by atoms with Crippen LogP contribution in [0.25, 0.3) is 0 Å². The second kappa shape index (κ2) is 7.77. The van der Waals surface area contributed by atoms with E-state index in [2.05, 4.69) is 6.92 Å². The molecule has 2 fully saturated rings. The number of halogens is 2. The highest BCUT2D eigenvalue weighted by atomic mass is 19.1. The van der Waals surface area contributed by atoms with Crippen LogP contribution < -0.4 is 0 Å². The van der Waals surface area contributed by atoms with E-state index in [1.807, 2.05) is 0 Å². The van der Waals surface area contributed by atoms with Crippen LogP contribution >= 0.6 is 0 Å². The summed E-state index contributed by atoms with van der Waals surface area (Å²) >= 11 is 0. The Hall–Kier alpha value is -0.920. The molecule has 0 radical (unpaired) electrons. The molecule has 23 heavy (non-hydrogen) atoms. The van der Waals surface area contributed by atoms with Gasteiger partial charge in [-0.25, -0.2) is 8.78 Å². The molecule has 0 amide bonds. The zero-order chi connectivity index (χ0) is 16.2. The van der Waals surface area contributed by atoms with Crippen LogP contribution in [0.5, 0.6) is 0 Å². The monoisotopic (exact) mass is 320 g/mol. The lowest BCUT2D eigenvalue weighted by atomic mass is 9.63. The van der Waals surface area contributed by atoms with Crippen molar-refractivity contribution in [1.29, 1.82) is 0 Å². The standard InChI is InChI=1S/C21H30F2/c1-2-3-15-6-8-19-11-16(7-9-18(19)10-15)4-5-17-12-20(22)14-21(23)13-17/h12-16,18-19H,2-11H2,1H3/t15?,16-,18-,19-/m1/s1. The Labute approximate surface area is 139 Å². The smallest absolute Gasteiger partial charge is 0.126 e. The van der Waals surface area contributed by atoms with Crippen molar-refractivity contribution in [3.63, 3.8) is 0 Å². The van der Waals surface area contributed by atoms with Crippen molar-refractivity contribution in [2.24, 2.45) is 23.7 Å². The van der Waals surface area contributed by atoms with Crippen LogP contribution in [0.15, 0.2) is 18.2 Å². The topological polar surface area (TPSA) is 0 Å². The molecular weight excluding hydrogens is 290 g/mol. The maximum atomic E-state index is 13.3. The third-order valence-corrected chi connectivity index (χ3v) is 6.29. The molecule has 1 unspecified atom stereocenters. The summed E-state index contributed by atoms with van der Waals surface area (Å²) in [5.74, 6) is 2.73. The van der Waals surface area contributed by atoms with E-state index in [9.17, 15) is 8.78 Å². The molecule has 3 rings (SSSR count). The first-order valence-corrected chi connectivity index (χ1v) is 9.59. The molecule has 4 atom stereocenters. The molecule has 0 aromatic heterocycles. The van der Waals surface area contributed by atoms with Gasteiger partial charge in [0.1, 0.15) is 11.6 Å². The minimum atomic E-state index is -0.446. The zero-order valence-corrected chi connectivity index (χ0v) is 14.4. The summed E-state index contributed by atoms with van der Waals surface area (Å²) < 4.78 is 26.5. The van der Waals surface area contributed by atoms with Crippen molar-refractivity contribution in [3.8, 4) is 0 Å². The Balaban J connectivity index is 1.48. The Bertz CT molecular complexity index is 490. The van der Waals surface area contributed by atoms with Crippen molar-refractivity contribution >= 4 is 0 Å². The third-order valence-electron chi connectivity index (χ3n) is 6.29. The van der Waals surface area contributed by atoms with Gasteiger partial charge in [-0.3, -0.25) is 0 Å². The van der Waals surface area contributed by atoms with E-state index >= 15 is 0 Å². The lowest BCUT2D eigenvalue weighted by molar-refractivity contribution is 0.0921. The molecule has 0 bridgehead atoms. The molecule has 1 aromatic rings. The quantitative estimate of drug-likeness (QED) is 0.578. The van der Waals surface area contributed by atoms with Crippen molar-refractivity contribution in [2.75, 3.05) is 0 Å². The first-order valence-electron chi connectivity index (χ1n) is 9.59. The largest absolute Gasteiger partial charge is 0.207 e. The molecule has 0 nitrogen and oxygen atoms in total. The van der Waals surface area contributed by atoms with Gasteiger partial charge in [0.25, 0.3) is 0 Å². The predicted octanol–water partition coefficient (Wildman–Crippen LogP) is 6.53. The van der Waals surface area contributed by atoms with Crippen LogP contribution in [0.3, 0.4) is 0 Å². The number of hydrogen-bond donors (Lipinski definition) is 0. The van der Waals surface area contributed by atoms with E-state index in [0.717, 1.165) is 48.1 Å². The second-order valence-electron chi connectivity index (χ2n) is 7.98. The highest BCUT2D eigenvalue weighted by Crippen LogP contribution is 2.46. The van der Waals surface area contributed by atoms with E-state index in [-0.39, 0.29) is 0 Å². The molecule has 2 aliphatic carbocycles. The molecule has 2 saturated carbocycles. The van der Waals surface area contributed by atoms with Gasteiger partial charge in [0.15, 0.2) is 0 Å². The molecule has 0 N–H and O–H groups in total. The van der Waals surface area contributed by atoms with Gasteiger partial charge in [-0.1, -0.05) is 32.6 Å². The summed E-state index contributed by atoms with van der Waals surface area (Å²) in [6.07, 6.45) is 13.0. The highest BCUT2D eigenvalue weighted by Gasteiger charge is 2.34. The zero-order valence-electron chi connectivity index (χ0n) is 14.4. The Kier molecular flexibility index (Phi) is 5.71. The van der Waals surface area contributed by atoms with Gasteiger partial charge < -0.3 is 0 Å². The van der Waals surface area contributed by atoms with Crippen LogP contribution in [0, 0.1) is 35.3 Å². The van der Waals surface area contributed by atoms with Crippen LogP contribution in [0.4, 0.5) is 8.78 Å². The molecule has 1 aromatic carbocycles. The number of hydrogen-bond acceptors (Lipinski definition) is 0. The normalized spacial score (nSPS) is 30.9. The Morgan fingerprint density at radius 1 is 0.826 bits per heavy atom. The van der Waals surface area contributed by atoms with Crippen molar-refractivity contribution in [2.45, 2.75) is 71.1 Å². The maximum Gasteiger partial charge on any atom is 0.126 e. The number of fused-ring (bicyclic) bond motifs is 1. The average molecular weight is 320 g/mol. The lowest BCUT2D eigenvalue weighted by Crippen LogP contribution is -2.31. The summed E-state index contributed by atoms with van der Waals surface area (Å²) in [5, 5.41) is 0. The number of aryl methyl sites for hydroxylation is 1. The van der Waals surface area contributed by atoms with Crippen LogP contribution in [0.2, 0.25) is 0 Å². The van der Waals surface area contributed by atoms with E-state index in [0.29, 0.717) is 0 Å². The molecule has 0 heterocycles. The Morgan fingerprint density at radius 2 is 1.39 bits per heavy atom. The molecular formula is C21H30F2. The third kappa shape index (κ3) is 4.55. The number of rotatable bonds is 5. The number of benzene rings is 1. The van der Waals surface area contributed by atoms with Crippen molar-refractivity contribution in [3.05, 3.63) is 35.4 Å². The van der Waals surface area contributed by atoms with Crippen LogP contribution in [-0.2, 0) is 6.42 Å². The SMILES string of the molecule is CCCC1CC[C@@H]2C[C@H](CCc3cc(F)cc(F)c3)CC[C@@H]2C1. The van der Waals surface area contributed by atoms with Crippen LogP contribution in [-0.4, -0.2) is 0 Å². The van der Waals surface area contributed by atoms with Gasteiger partial charge in [0.2, 0.25) is 0 Å². The first-order chi connectivity index (χ1) is 11.1. The summed E-state index contributed by atoms with van der Waals surface area (Å²) in [5.41, 5.74) is 0.816. The minimum Gasteiger partial charge on any atom is -0.207 e. The lowest BCUT2D eigenvalue weighted by Gasteiger charge is -2.42. The fourth-order valence-electron chi connectivity index (χ4n) is 5.14. The summed E-state index contributed by atoms with van der Waals surface area (Å²) in [7, 11) is 0. The summed E-state index contributed by atoms with van der Waals surface area (Å²) in [6.45, 7) is 2.30. The fourth-order valence-corrected chi connectivity index (χ4v) is 5.14. The van der Waals surface area contributed by atoms with Crippen molar-refractivity contribution < 1.29 is 8.78 Å². The van der Waals surface area contributed by atoms with Gasteiger partial charge in [0.05, 0.1) is 0 Å². The molecule has 0 spiro atoms. The maximum absolute atomic E-state index is 13.3. The van der Waals surface area contributed by atoms with E-state index < -0.39 is 11.6 Å². The molecule has 0 saturated heterocycles. The minimum absolute atomic E-state index is 0.446. The predicted molar refractivity (Wildman–Crippen MR) is 91.2 cm³/mol. The molecule has 2 heteroatoms. The second-order valence-corrected chi connectivity index (χ2v) is 7.98. The molecule has 0 aliphatic heterocycles. The molecule has 2 aliphatic rings. The van der Waals surface area contributed by atoms with Gasteiger partial charge in [-0.05, 0) is 79.9 Å². The van der Waals surface area contributed by atoms with E-state index in [4.69, 9.17) is 0 Å². The fraction of sp³-hybridized carbons (Fsp3) is 0.714. The van der Waals surface area contributed by atoms with E-state index in [1.54, 1.807) is 0 Å². The van der Waals surface area contributed by atoms with Gasteiger partial charge in [-0.2, -0.15) is 0 Å². The van der Waals surface area contributed by atoms with Gasteiger partial charge in [0, 0.05) is 6.07 Å². The van der Waals surface area contributed by atoms with E-state index in [1.165, 1.54) is 63.5 Å². The highest BCUT2D eigenvalue weighted by molar-refractivity contribution is 5.18. The molecule has 128 valence electrons. The first kappa shape index (κ1) is 16.9. The average Bonchev–Trinajstić information content (AvgIpc) is 2.52. The van der Waals surface area contributed by atoms with Gasteiger partial charge in [-0.15, -0.1) is 0 Å². The van der Waals surface area contributed by atoms with Crippen LogP contribution in [0.1, 0.15) is 70.3 Å². The Morgan fingerprint density at radius 3 is 1.96 bits per heavy atom. The summed E-state index contributed by atoms with van der Waals surface area (Å²) in [4.78, 5) is 0. The summed E-state index contributed by atoms with van der Waals surface area (Å²) in [6, 6.07) is 3.94.